The minimum atomic E-state index is 0.0211. The highest BCUT2D eigenvalue weighted by molar-refractivity contribution is 9.10. The van der Waals surface area contributed by atoms with Crippen molar-refractivity contribution in [1.29, 1.82) is 5.26 Å². The molecule has 102 valence electrons. The third-order valence-corrected chi connectivity index (χ3v) is 4.02. The molecule has 0 aliphatic carbocycles. The fourth-order valence-electron chi connectivity index (χ4n) is 2.31. The Balaban J connectivity index is 1.91. The van der Waals surface area contributed by atoms with Crippen molar-refractivity contribution in [3.8, 4) is 6.07 Å². The summed E-state index contributed by atoms with van der Waals surface area (Å²) < 4.78 is 2.91. The van der Waals surface area contributed by atoms with E-state index >= 15 is 0 Å². The zero-order valence-corrected chi connectivity index (χ0v) is 12.7. The van der Waals surface area contributed by atoms with E-state index in [1.54, 1.807) is 24.3 Å². The first-order chi connectivity index (χ1) is 10.2. The number of hydrogen-bond acceptors (Lipinski definition) is 2. The van der Waals surface area contributed by atoms with E-state index in [1.165, 1.54) is 0 Å². The number of carbonyl (C=O) groups is 1. The lowest BCUT2D eigenvalue weighted by molar-refractivity contribution is 0.0973. The van der Waals surface area contributed by atoms with Gasteiger partial charge in [-0.2, -0.15) is 5.26 Å². The van der Waals surface area contributed by atoms with Crippen LogP contribution in [-0.2, 0) is 6.54 Å². The Morgan fingerprint density at radius 2 is 1.86 bits per heavy atom. The van der Waals surface area contributed by atoms with Crippen LogP contribution in [0.3, 0.4) is 0 Å². The molecule has 21 heavy (non-hydrogen) atoms. The van der Waals surface area contributed by atoms with Crippen LogP contribution in [0.4, 0.5) is 0 Å². The molecule has 0 N–H and O–H groups in total. The van der Waals surface area contributed by atoms with E-state index in [4.69, 9.17) is 5.26 Å². The van der Waals surface area contributed by atoms with Gasteiger partial charge in [0, 0.05) is 27.1 Å². The predicted octanol–water partition coefficient (Wildman–Crippen LogP) is 4.16. The zero-order chi connectivity index (χ0) is 14.8. The quantitative estimate of drug-likeness (QED) is 0.673. The minimum Gasteiger partial charge on any atom is -0.338 e. The molecule has 0 bridgehead atoms. The van der Waals surface area contributed by atoms with Crippen molar-refractivity contribution in [1.82, 2.24) is 4.57 Å². The van der Waals surface area contributed by atoms with Gasteiger partial charge in [-0.15, -0.1) is 0 Å². The Morgan fingerprint density at radius 3 is 2.57 bits per heavy atom. The van der Waals surface area contributed by atoms with Crippen molar-refractivity contribution in [2.45, 2.75) is 6.54 Å². The molecule has 0 aliphatic heterocycles. The summed E-state index contributed by atoms with van der Waals surface area (Å²) in [5.74, 6) is 0.0211. The summed E-state index contributed by atoms with van der Waals surface area (Å²) in [6.07, 6.45) is 1.92. The van der Waals surface area contributed by atoms with Gasteiger partial charge in [-0.1, -0.05) is 30.3 Å². The summed E-state index contributed by atoms with van der Waals surface area (Å²) in [4.78, 5) is 12.3. The van der Waals surface area contributed by atoms with Crippen molar-refractivity contribution in [2.75, 3.05) is 0 Å². The molecule has 0 saturated heterocycles. The monoisotopic (exact) mass is 338 g/mol. The van der Waals surface area contributed by atoms with E-state index in [2.05, 4.69) is 15.9 Å². The normalized spacial score (nSPS) is 10.5. The molecule has 3 aromatic rings. The number of ketones is 1. The van der Waals surface area contributed by atoms with Crippen molar-refractivity contribution < 1.29 is 4.79 Å². The zero-order valence-electron chi connectivity index (χ0n) is 11.1. The van der Waals surface area contributed by atoms with Crippen molar-refractivity contribution >= 4 is 32.6 Å². The van der Waals surface area contributed by atoms with E-state index in [0.717, 1.165) is 15.4 Å². The van der Waals surface area contributed by atoms with Gasteiger partial charge in [-0.25, -0.2) is 0 Å². The van der Waals surface area contributed by atoms with Crippen LogP contribution in [-0.4, -0.2) is 10.4 Å². The van der Waals surface area contributed by atoms with Gasteiger partial charge < -0.3 is 4.57 Å². The average molecular weight is 339 g/mol. The Bertz CT molecular complexity index is 857. The lowest BCUT2D eigenvalue weighted by Crippen LogP contribution is -2.09. The molecule has 1 aromatic heterocycles. The van der Waals surface area contributed by atoms with E-state index in [1.807, 2.05) is 41.1 Å². The van der Waals surface area contributed by atoms with Crippen LogP contribution < -0.4 is 0 Å². The predicted molar refractivity (Wildman–Crippen MR) is 85.1 cm³/mol. The molecule has 0 amide bonds. The van der Waals surface area contributed by atoms with E-state index in [0.29, 0.717) is 11.1 Å². The van der Waals surface area contributed by atoms with Gasteiger partial charge in [0.2, 0.25) is 0 Å². The summed E-state index contributed by atoms with van der Waals surface area (Å²) in [5.41, 5.74) is 2.19. The number of hydrogen-bond donors (Lipinski definition) is 0. The van der Waals surface area contributed by atoms with E-state index in [9.17, 15) is 4.79 Å². The van der Waals surface area contributed by atoms with Gasteiger partial charge in [0.15, 0.2) is 5.78 Å². The second-order valence-electron chi connectivity index (χ2n) is 4.73. The van der Waals surface area contributed by atoms with Crippen LogP contribution in [0, 0.1) is 11.3 Å². The van der Waals surface area contributed by atoms with Crippen molar-refractivity contribution in [3.05, 3.63) is 70.3 Å². The number of aromatic nitrogens is 1. The first-order valence-electron chi connectivity index (χ1n) is 6.46. The molecule has 3 rings (SSSR count). The van der Waals surface area contributed by atoms with Gasteiger partial charge in [0.25, 0.3) is 0 Å². The molecule has 0 radical (unpaired) electrons. The first-order valence-corrected chi connectivity index (χ1v) is 7.25. The van der Waals surface area contributed by atoms with Gasteiger partial charge in [-0.05, 0) is 34.1 Å². The average Bonchev–Trinajstić information content (AvgIpc) is 2.84. The maximum Gasteiger partial charge on any atom is 0.182 e. The van der Waals surface area contributed by atoms with Crippen LogP contribution in [0.1, 0.15) is 15.9 Å². The summed E-state index contributed by atoms with van der Waals surface area (Å²) in [6, 6.07) is 16.7. The van der Waals surface area contributed by atoms with Gasteiger partial charge in [-0.3, -0.25) is 4.79 Å². The molecule has 0 atom stereocenters. The Hall–Kier alpha value is -2.38. The van der Waals surface area contributed by atoms with E-state index < -0.39 is 0 Å². The van der Waals surface area contributed by atoms with Gasteiger partial charge in [0.05, 0.1) is 18.2 Å². The fourth-order valence-corrected chi connectivity index (χ4v) is 2.89. The highest BCUT2D eigenvalue weighted by Crippen LogP contribution is 2.26. The van der Waals surface area contributed by atoms with Crippen LogP contribution in [0.2, 0.25) is 0 Å². The highest BCUT2D eigenvalue weighted by Gasteiger charge is 2.11. The topological polar surface area (TPSA) is 45.8 Å². The fraction of sp³-hybridized carbons (Fsp3) is 0.0588. The molecule has 0 unspecified atom stereocenters. The summed E-state index contributed by atoms with van der Waals surface area (Å²) in [5, 5.41) is 9.87. The first kappa shape index (κ1) is 13.6. The Morgan fingerprint density at radius 1 is 1.14 bits per heavy atom. The van der Waals surface area contributed by atoms with Crippen LogP contribution in [0.15, 0.2) is 59.2 Å². The van der Waals surface area contributed by atoms with Crippen LogP contribution >= 0.6 is 15.9 Å². The lowest BCUT2D eigenvalue weighted by atomic mass is 10.1. The maximum absolute atomic E-state index is 12.3. The smallest absolute Gasteiger partial charge is 0.182 e. The minimum absolute atomic E-state index is 0.0211. The molecule has 3 nitrogen and oxygen atoms in total. The molecule has 0 aliphatic rings. The second kappa shape index (κ2) is 5.55. The number of carbonyl (C=O) groups excluding carboxylic acids is 1. The molecule has 0 saturated carbocycles. The molecular formula is C17H11BrN2O. The number of halogens is 1. The maximum atomic E-state index is 12.3. The number of nitrogens with zero attached hydrogens (tertiary/aromatic N) is 2. The largest absolute Gasteiger partial charge is 0.338 e. The third kappa shape index (κ3) is 2.61. The molecule has 2 aromatic carbocycles. The molecule has 0 fully saturated rings. The highest BCUT2D eigenvalue weighted by atomic mass is 79.9. The number of benzene rings is 2. The lowest BCUT2D eigenvalue weighted by Gasteiger charge is -2.05. The van der Waals surface area contributed by atoms with Gasteiger partial charge >= 0.3 is 0 Å². The number of fused-ring (bicyclic) bond motifs is 1. The number of Topliss-reactive ketones (excluding diaryl/α,β-unsaturated/α-hetero) is 1. The standard InChI is InChI=1S/C17H11BrN2O/c18-15-10-20(16-4-2-1-3-14(15)16)11-17(21)13-7-5-12(9-19)6-8-13/h1-8,10H,11H2. The summed E-state index contributed by atoms with van der Waals surface area (Å²) in [6.45, 7) is 0.276. The van der Waals surface area contributed by atoms with Crippen molar-refractivity contribution in [2.24, 2.45) is 0 Å². The number of nitriles is 1. The second-order valence-corrected chi connectivity index (χ2v) is 5.59. The molecule has 0 spiro atoms. The van der Waals surface area contributed by atoms with E-state index in [-0.39, 0.29) is 12.3 Å². The molecule has 1 heterocycles. The summed E-state index contributed by atoms with van der Waals surface area (Å²) in [7, 11) is 0. The Kier molecular flexibility index (Phi) is 3.59. The molecule has 4 heteroatoms. The number of rotatable bonds is 3. The van der Waals surface area contributed by atoms with Crippen molar-refractivity contribution in [3.63, 3.8) is 0 Å². The SMILES string of the molecule is N#Cc1ccc(C(=O)Cn2cc(Br)c3ccccc32)cc1. The molecular weight excluding hydrogens is 328 g/mol. The van der Waals surface area contributed by atoms with Crippen LogP contribution in [0.25, 0.3) is 10.9 Å². The number of para-hydroxylation sites is 1. The van der Waals surface area contributed by atoms with Gasteiger partial charge in [0.1, 0.15) is 0 Å². The summed E-state index contributed by atoms with van der Waals surface area (Å²) >= 11 is 3.51. The Labute approximate surface area is 130 Å². The third-order valence-electron chi connectivity index (χ3n) is 3.39. The van der Waals surface area contributed by atoms with Crippen LogP contribution in [0.5, 0.6) is 0 Å².